The van der Waals surface area contributed by atoms with Gasteiger partial charge in [0.1, 0.15) is 6.04 Å². The fraction of sp³-hybridized carbons (Fsp3) is 0.467. The normalized spacial score (nSPS) is 17.6. The van der Waals surface area contributed by atoms with Gasteiger partial charge in [-0.15, -0.1) is 0 Å². The van der Waals surface area contributed by atoms with Gasteiger partial charge in [-0.05, 0) is 12.0 Å². The predicted molar refractivity (Wildman–Crippen MR) is 75.0 cm³/mol. The highest BCUT2D eigenvalue weighted by Crippen LogP contribution is 2.38. The summed E-state index contributed by atoms with van der Waals surface area (Å²) in [5, 5.41) is 9.39. The summed E-state index contributed by atoms with van der Waals surface area (Å²) in [7, 11) is 3.82. The topological polar surface area (TPSA) is 47.3 Å². The molecule has 19 heavy (non-hydrogen) atoms. The zero-order valence-electron chi connectivity index (χ0n) is 11.8. The summed E-state index contributed by atoms with van der Waals surface area (Å²) in [6, 6.07) is 7.52. The van der Waals surface area contributed by atoms with Gasteiger partial charge < -0.3 is 9.80 Å². The van der Waals surface area contributed by atoms with Gasteiger partial charge >= 0.3 is 0 Å². The Morgan fingerprint density at radius 3 is 2.63 bits per heavy atom. The van der Waals surface area contributed by atoms with Crippen LogP contribution in [0, 0.1) is 17.2 Å². The molecule has 0 aliphatic carbocycles. The van der Waals surface area contributed by atoms with Crippen LogP contribution in [0.1, 0.15) is 35.8 Å². The molecule has 0 saturated heterocycles. The average molecular weight is 257 g/mol. The van der Waals surface area contributed by atoms with Gasteiger partial charge in [0.2, 0.25) is 0 Å². The third-order valence-corrected chi connectivity index (χ3v) is 3.32. The van der Waals surface area contributed by atoms with Gasteiger partial charge in [-0.3, -0.25) is 4.79 Å². The molecule has 1 aromatic carbocycles. The highest BCUT2D eigenvalue weighted by molar-refractivity contribution is 6.04. The monoisotopic (exact) mass is 257 g/mol. The van der Waals surface area contributed by atoms with Gasteiger partial charge in [0.25, 0.3) is 5.91 Å². The highest BCUT2D eigenvalue weighted by atomic mass is 16.2. The molecule has 1 heterocycles. The molecule has 0 radical (unpaired) electrons. The van der Waals surface area contributed by atoms with Gasteiger partial charge in [0.15, 0.2) is 0 Å². The molecule has 100 valence electrons. The zero-order valence-corrected chi connectivity index (χ0v) is 11.8. The standard InChI is InChI=1S/C15H19N3O/c1-10(2)9-18-13(8-16)11-6-5-7-12(17(3)4)14(11)15(18)19/h5-7,10,13H,9H2,1-4H3. The lowest BCUT2D eigenvalue weighted by Gasteiger charge is -2.22. The number of benzene rings is 1. The van der Waals surface area contributed by atoms with Crippen LogP contribution in [0.5, 0.6) is 0 Å². The van der Waals surface area contributed by atoms with Crippen molar-refractivity contribution in [3.05, 3.63) is 29.3 Å². The molecule has 0 bridgehead atoms. The van der Waals surface area contributed by atoms with Crippen LogP contribution in [0.2, 0.25) is 0 Å². The minimum Gasteiger partial charge on any atom is -0.377 e. The number of rotatable bonds is 3. The van der Waals surface area contributed by atoms with Crippen LogP contribution in [0.3, 0.4) is 0 Å². The van der Waals surface area contributed by atoms with E-state index in [1.165, 1.54) is 0 Å². The van der Waals surface area contributed by atoms with E-state index in [-0.39, 0.29) is 5.91 Å². The molecule has 1 aliphatic heterocycles. The number of carbonyl (C=O) groups is 1. The molecule has 0 saturated carbocycles. The second kappa shape index (κ2) is 4.93. The van der Waals surface area contributed by atoms with Crippen LogP contribution >= 0.6 is 0 Å². The third-order valence-electron chi connectivity index (χ3n) is 3.32. The van der Waals surface area contributed by atoms with E-state index in [1.807, 2.05) is 37.2 Å². The van der Waals surface area contributed by atoms with Crippen LogP contribution in [-0.2, 0) is 0 Å². The number of anilines is 1. The van der Waals surface area contributed by atoms with Crippen molar-refractivity contribution in [1.82, 2.24) is 4.90 Å². The number of hydrogen-bond acceptors (Lipinski definition) is 3. The number of amides is 1. The zero-order chi connectivity index (χ0) is 14.2. The molecule has 0 spiro atoms. The van der Waals surface area contributed by atoms with Gasteiger partial charge in [-0.25, -0.2) is 0 Å². The quantitative estimate of drug-likeness (QED) is 0.835. The average Bonchev–Trinajstić information content (AvgIpc) is 2.61. The maximum atomic E-state index is 12.6. The molecule has 1 amide bonds. The minimum atomic E-state index is -0.454. The van der Waals surface area contributed by atoms with Gasteiger partial charge in [0, 0.05) is 31.9 Å². The fourth-order valence-electron chi connectivity index (χ4n) is 2.54. The van der Waals surface area contributed by atoms with E-state index in [0.29, 0.717) is 18.0 Å². The second-order valence-corrected chi connectivity index (χ2v) is 5.52. The fourth-order valence-corrected chi connectivity index (χ4v) is 2.54. The molecule has 1 aromatic rings. The third kappa shape index (κ3) is 2.17. The van der Waals surface area contributed by atoms with Crippen LogP contribution in [0.15, 0.2) is 18.2 Å². The predicted octanol–water partition coefficient (Wildman–Crippen LogP) is 2.43. The van der Waals surface area contributed by atoms with Crippen molar-refractivity contribution in [3.8, 4) is 6.07 Å². The molecule has 0 N–H and O–H groups in total. The Morgan fingerprint density at radius 1 is 1.42 bits per heavy atom. The van der Waals surface area contributed by atoms with E-state index in [4.69, 9.17) is 0 Å². The van der Waals surface area contributed by atoms with Crippen molar-refractivity contribution >= 4 is 11.6 Å². The van der Waals surface area contributed by atoms with Crippen molar-refractivity contribution in [2.45, 2.75) is 19.9 Å². The number of carbonyl (C=O) groups excluding carboxylic acids is 1. The van der Waals surface area contributed by atoms with Crippen molar-refractivity contribution < 1.29 is 4.79 Å². The number of fused-ring (bicyclic) bond motifs is 1. The van der Waals surface area contributed by atoms with E-state index >= 15 is 0 Å². The molecule has 1 unspecified atom stereocenters. The Hall–Kier alpha value is -2.02. The van der Waals surface area contributed by atoms with Crippen molar-refractivity contribution in [3.63, 3.8) is 0 Å². The summed E-state index contributed by atoms with van der Waals surface area (Å²) in [4.78, 5) is 16.2. The largest absolute Gasteiger partial charge is 0.377 e. The Morgan fingerprint density at radius 2 is 2.11 bits per heavy atom. The molecule has 4 nitrogen and oxygen atoms in total. The summed E-state index contributed by atoms with van der Waals surface area (Å²) < 4.78 is 0. The Labute approximate surface area is 114 Å². The molecular formula is C15H19N3O. The second-order valence-electron chi connectivity index (χ2n) is 5.52. The Bertz CT molecular complexity index is 543. The SMILES string of the molecule is CC(C)CN1C(=O)c2c(cccc2N(C)C)C1C#N. The number of hydrogen-bond donors (Lipinski definition) is 0. The van der Waals surface area contributed by atoms with Crippen LogP contribution in [-0.4, -0.2) is 31.4 Å². The molecule has 2 rings (SSSR count). The lowest BCUT2D eigenvalue weighted by Crippen LogP contribution is -2.31. The molecule has 1 atom stereocenters. The summed E-state index contributed by atoms with van der Waals surface area (Å²) in [6.07, 6.45) is 0. The molecule has 4 heteroatoms. The number of nitriles is 1. The summed E-state index contributed by atoms with van der Waals surface area (Å²) >= 11 is 0. The highest BCUT2D eigenvalue weighted by Gasteiger charge is 2.38. The van der Waals surface area contributed by atoms with E-state index in [9.17, 15) is 10.1 Å². The summed E-state index contributed by atoms with van der Waals surface area (Å²) in [5.41, 5.74) is 2.40. The van der Waals surface area contributed by atoms with E-state index in [1.54, 1.807) is 4.90 Å². The first-order valence-electron chi connectivity index (χ1n) is 6.48. The molecule has 0 fully saturated rings. The minimum absolute atomic E-state index is 0.0282. The van der Waals surface area contributed by atoms with Crippen molar-refractivity contribution in [1.29, 1.82) is 5.26 Å². The van der Waals surface area contributed by atoms with E-state index in [2.05, 4.69) is 19.9 Å². The van der Waals surface area contributed by atoms with Gasteiger partial charge in [0.05, 0.1) is 11.6 Å². The maximum absolute atomic E-state index is 12.6. The van der Waals surface area contributed by atoms with Crippen LogP contribution in [0.25, 0.3) is 0 Å². The van der Waals surface area contributed by atoms with Gasteiger partial charge in [-0.1, -0.05) is 26.0 Å². The van der Waals surface area contributed by atoms with Gasteiger partial charge in [-0.2, -0.15) is 5.26 Å². The van der Waals surface area contributed by atoms with E-state index in [0.717, 1.165) is 11.3 Å². The van der Waals surface area contributed by atoms with Crippen molar-refractivity contribution in [2.75, 3.05) is 25.5 Å². The first-order chi connectivity index (χ1) is 8.97. The lowest BCUT2D eigenvalue weighted by molar-refractivity contribution is 0.0737. The number of nitrogens with zero attached hydrogens (tertiary/aromatic N) is 3. The Kier molecular flexibility index (Phi) is 3.48. The maximum Gasteiger partial charge on any atom is 0.257 e. The van der Waals surface area contributed by atoms with Crippen molar-refractivity contribution in [2.24, 2.45) is 5.92 Å². The molecule has 0 aromatic heterocycles. The summed E-state index contributed by atoms with van der Waals surface area (Å²) in [6.45, 7) is 4.72. The molecular weight excluding hydrogens is 238 g/mol. The van der Waals surface area contributed by atoms with Crippen LogP contribution < -0.4 is 4.90 Å². The van der Waals surface area contributed by atoms with Crippen LogP contribution in [0.4, 0.5) is 5.69 Å². The smallest absolute Gasteiger partial charge is 0.257 e. The Balaban J connectivity index is 2.53. The summed E-state index contributed by atoms with van der Waals surface area (Å²) in [5.74, 6) is 0.316. The lowest BCUT2D eigenvalue weighted by atomic mass is 10.0. The first kappa shape index (κ1) is 13.4. The first-order valence-corrected chi connectivity index (χ1v) is 6.48. The van der Waals surface area contributed by atoms with E-state index < -0.39 is 6.04 Å². The molecule has 1 aliphatic rings.